The van der Waals surface area contributed by atoms with E-state index in [1.807, 2.05) is 0 Å². The van der Waals surface area contributed by atoms with Crippen LogP contribution in [0.5, 0.6) is 5.75 Å². The van der Waals surface area contributed by atoms with Gasteiger partial charge < -0.3 is 19.6 Å². The van der Waals surface area contributed by atoms with E-state index in [4.69, 9.17) is 16.3 Å². The van der Waals surface area contributed by atoms with Crippen LogP contribution in [0.25, 0.3) is 11.0 Å². The number of hydrogen-bond donors (Lipinski definition) is 2. The van der Waals surface area contributed by atoms with E-state index in [1.54, 1.807) is 16.8 Å². The third-order valence-corrected chi connectivity index (χ3v) is 4.61. The van der Waals surface area contributed by atoms with Crippen molar-refractivity contribution in [3.63, 3.8) is 0 Å². The molecule has 0 radical (unpaired) electrons. The Bertz CT molecular complexity index is 998. The average Bonchev–Trinajstić information content (AvgIpc) is 3.20. The van der Waals surface area contributed by atoms with Gasteiger partial charge in [0.25, 0.3) is 0 Å². The fourth-order valence-corrected chi connectivity index (χ4v) is 3.36. The molecule has 0 aliphatic heterocycles. The number of ether oxygens (including phenoxy) is 1. The molecule has 3 aromatic rings. The van der Waals surface area contributed by atoms with Gasteiger partial charge in [-0.3, -0.25) is 4.79 Å². The first-order valence-corrected chi connectivity index (χ1v) is 8.97. The predicted octanol–water partition coefficient (Wildman–Crippen LogP) is 3.54. The summed E-state index contributed by atoms with van der Waals surface area (Å²) in [5.74, 6) is -1.74. The zero-order chi connectivity index (χ0) is 19.6. The highest BCUT2D eigenvalue weighted by atomic mass is 35.5. The summed E-state index contributed by atoms with van der Waals surface area (Å²) >= 11 is 7.28. The SMILES string of the molecule is O=C(N(CCOc1cc(Cl)cc2[nH]c(=O)[nH]c12)Cc1ccsc1)C(F)(F)F. The van der Waals surface area contributed by atoms with Crippen LogP contribution in [0.3, 0.4) is 0 Å². The molecule has 0 unspecified atom stereocenters. The second-order valence-corrected chi connectivity index (χ2v) is 6.83. The number of hydrogen-bond acceptors (Lipinski definition) is 4. The molecule has 2 N–H and O–H groups in total. The van der Waals surface area contributed by atoms with Crippen molar-refractivity contribution in [2.24, 2.45) is 0 Å². The fraction of sp³-hybridized carbons (Fsp3) is 0.250. The van der Waals surface area contributed by atoms with Crippen LogP contribution in [0.1, 0.15) is 5.56 Å². The van der Waals surface area contributed by atoms with E-state index in [9.17, 15) is 22.8 Å². The number of alkyl halides is 3. The van der Waals surface area contributed by atoms with Gasteiger partial charge in [0.2, 0.25) is 0 Å². The van der Waals surface area contributed by atoms with Crippen LogP contribution in [0, 0.1) is 0 Å². The molecule has 27 heavy (non-hydrogen) atoms. The number of carbonyl (C=O) groups excluding carboxylic acids is 1. The Kier molecular flexibility index (Phi) is 5.47. The lowest BCUT2D eigenvalue weighted by Crippen LogP contribution is -2.42. The third-order valence-electron chi connectivity index (χ3n) is 3.66. The lowest BCUT2D eigenvalue weighted by Gasteiger charge is -2.23. The summed E-state index contributed by atoms with van der Waals surface area (Å²) in [6.45, 7) is -0.692. The molecule has 0 saturated heterocycles. The van der Waals surface area contributed by atoms with Gasteiger partial charge in [0.1, 0.15) is 17.9 Å². The fourth-order valence-electron chi connectivity index (χ4n) is 2.49. The number of halogens is 4. The maximum absolute atomic E-state index is 12.9. The van der Waals surface area contributed by atoms with Crippen molar-refractivity contribution in [2.75, 3.05) is 13.2 Å². The smallest absolute Gasteiger partial charge is 0.471 e. The van der Waals surface area contributed by atoms with Crippen molar-refractivity contribution >= 4 is 39.9 Å². The summed E-state index contributed by atoms with van der Waals surface area (Å²) in [4.78, 5) is 28.8. The van der Waals surface area contributed by atoms with Gasteiger partial charge in [0.15, 0.2) is 0 Å². The summed E-state index contributed by atoms with van der Waals surface area (Å²) < 4.78 is 44.0. The molecule has 0 fully saturated rings. The molecule has 6 nitrogen and oxygen atoms in total. The van der Waals surface area contributed by atoms with Gasteiger partial charge in [-0.05, 0) is 28.5 Å². The van der Waals surface area contributed by atoms with Gasteiger partial charge in [-0.25, -0.2) is 4.79 Å². The number of rotatable bonds is 6. The lowest BCUT2D eigenvalue weighted by atomic mass is 10.3. The predicted molar refractivity (Wildman–Crippen MR) is 95.2 cm³/mol. The second-order valence-electron chi connectivity index (χ2n) is 5.61. The van der Waals surface area contributed by atoms with E-state index >= 15 is 0 Å². The van der Waals surface area contributed by atoms with E-state index in [-0.39, 0.29) is 30.5 Å². The highest BCUT2D eigenvalue weighted by molar-refractivity contribution is 7.07. The van der Waals surface area contributed by atoms with E-state index in [2.05, 4.69) is 9.97 Å². The Morgan fingerprint density at radius 1 is 1.30 bits per heavy atom. The minimum Gasteiger partial charge on any atom is -0.489 e. The van der Waals surface area contributed by atoms with Crippen LogP contribution < -0.4 is 10.4 Å². The van der Waals surface area contributed by atoms with Gasteiger partial charge in [0, 0.05) is 17.6 Å². The maximum Gasteiger partial charge on any atom is 0.471 e. The number of aromatic nitrogens is 2. The number of fused-ring (bicyclic) bond motifs is 1. The van der Waals surface area contributed by atoms with Gasteiger partial charge >= 0.3 is 17.8 Å². The van der Waals surface area contributed by atoms with Crippen LogP contribution in [0.4, 0.5) is 13.2 Å². The Morgan fingerprint density at radius 3 is 2.74 bits per heavy atom. The highest BCUT2D eigenvalue weighted by Gasteiger charge is 2.42. The van der Waals surface area contributed by atoms with E-state index in [0.29, 0.717) is 21.5 Å². The molecule has 3 rings (SSSR count). The Hall–Kier alpha value is -2.46. The first kappa shape index (κ1) is 19.3. The molecule has 0 atom stereocenters. The highest BCUT2D eigenvalue weighted by Crippen LogP contribution is 2.27. The van der Waals surface area contributed by atoms with Gasteiger partial charge in [-0.1, -0.05) is 11.6 Å². The first-order chi connectivity index (χ1) is 12.7. The van der Waals surface area contributed by atoms with E-state index in [1.165, 1.54) is 23.5 Å². The summed E-state index contributed by atoms with van der Waals surface area (Å²) in [6.07, 6.45) is -4.98. The summed E-state index contributed by atoms with van der Waals surface area (Å²) in [5, 5.41) is 3.67. The number of carbonyl (C=O) groups is 1. The molecule has 1 amide bonds. The lowest BCUT2D eigenvalue weighted by molar-refractivity contribution is -0.186. The van der Waals surface area contributed by atoms with Crippen molar-refractivity contribution in [3.05, 3.63) is 50.0 Å². The number of imidazole rings is 1. The third kappa shape index (κ3) is 4.64. The van der Waals surface area contributed by atoms with Crippen LogP contribution in [-0.4, -0.2) is 40.1 Å². The molecular formula is C16H13ClF3N3O3S. The minimum atomic E-state index is -4.98. The largest absolute Gasteiger partial charge is 0.489 e. The van der Waals surface area contributed by atoms with Crippen molar-refractivity contribution in [3.8, 4) is 5.75 Å². The monoisotopic (exact) mass is 419 g/mol. The van der Waals surface area contributed by atoms with E-state index in [0.717, 1.165) is 0 Å². The molecular weight excluding hydrogens is 407 g/mol. The number of thiophene rings is 1. The second kappa shape index (κ2) is 7.65. The molecule has 2 aromatic heterocycles. The van der Waals surface area contributed by atoms with Crippen molar-refractivity contribution in [2.45, 2.75) is 12.7 Å². The van der Waals surface area contributed by atoms with Crippen LogP contribution in [0.15, 0.2) is 33.8 Å². The maximum atomic E-state index is 12.9. The molecule has 0 aliphatic rings. The normalized spacial score (nSPS) is 11.7. The number of nitrogens with zero attached hydrogens (tertiary/aromatic N) is 1. The number of nitrogens with one attached hydrogen (secondary N) is 2. The van der Waals surface area contributed by atoms with Gasteiger partial charge in [0.05, 0.1) is 12.1 Å². The number of aromatic amines is 2. The van der Waals surface area contributed by atoms with Gasteiger partial charge in [-0.15, -0.1) is 0 Å². The standard InChI is InChI=1S/C16H13ClF3N3O3S/c17-10-5-11-13(22-15(25)21-11)12(6-10)26-3-2-23(14(24)16(18,19)20)7-9-1-4-27-8-9/h1,4-6,8H,2-3,7H2,(H2,21,22,25). The zero-order valence-electron chi connectivity index (χ0n) is 13.6. The number of amides is 1. The molecule has 0 spiro atoms. The number of benzene rings is 1. The summed E-state index contributed by atoms with van der Waals surface area (Å²) in [5.41, 5.74) is 0.876. The summed E-state index contributed by atoms with van der Waals surface area (Å²) in [7, 11) is 0. The Labute approximate surface area is 159 Å². The van der Waals surface area contributed by atoms with Crippen molar-refractivity contribution < 1.29 is 22.7 Å². The first-order valence-electron chi connectivity index (χ1n) is 7.65. The summed E-state index contributed by atoms with van der Waals surface area (Å²) in [6, 6.07) is 4.59. The molecule has 0 bridgehead atoms. The molecule has 1 aromatic carbocycles. The van der Waals surface area contributed by atoms with Crippen molar-refractivity contribution in [1.82, 2.24) is 14.9 Å². The quantitative estimate of drug-likeness (QED) is 0.641. The molecule has 11 heteroatoms. The zero-order valence-corrected chi connectivity index (χ0v) is 15.2. The number of H-pyrrole nitrogens is 2. The molecule has 144 valence electrons. The van der Waals surface area contributed by atoms with Crippen LogP contribution in [0.2, 0.25) is 5.02 Å². The minimum absolute atomic E-state index is 0.183. The van der Waals surface area contributed by atoms with Crippen LogP contribution in [-0.2, 0) is 11.3 Å². The molecule has 2 heterocycles. The van der Waals surface area contributed by atoms with Gasteiger partial charge in [-0.2, -0.15) is 24.5 Å². The average molecular weight is 420 g/mol. The molecule has 0 aliphatic carbocycles. The van der Waals surface area contributed by atoms with Crippen molar-refractivity contribution in [1.29, 1.82) is 0 Å². The molecule has 0 saturated carbocycles. The Morgan fingerprint density at radius 2 is 2.07 bits per heavy atom. The topological polar surface area (TPSA) is 78.2 Å². The van der Waals surface area contributed by atoms with E-state index < -0.39 is 17.8 Å². The van der Waals surface area contributed by atoms with Crippen LogP contribution >= 0.6 is 22.9 Å². The Balaban J connectivity index is 1.74.